The predicted octanol–water partition coefficient (Wildman–Crippen LogP) is 7.14. The number of aliphatic carboxylic acids is 1. The lowest BCUT2D eigenvalue weighted by Gasteiger charge is -2.21. The second kappa shape index (κ2) is 11.7. The molecule has 0 saturated carbocycles. The Morgan fingerprint density at radius 3 is 2.07 bits per heavy atom. The van der Waals surface area contributed by atoms with Gasteiger partial charge in [0.15, 0.2) is 0 Å². The van der Waals surface area contributed by atoms with Gasteiger partial charge in [0.05, 0.1) is 5.52 Å². The van der Waals surface area contributed by atoms with Crippen LogP contribution in [0.3, 0.4) is 0 Å². The zero-order valence-electron chi connectivity index (χ0n) is 25.8. The van der Waals surface area contributed by atoms with E-state index in [1.807, 2.05) is 69.3 Å². The molecular formula is C35H38N2O7. The van der Waals surface area contributed by atoms with Crippen molar-refractivity contribution >= 4 is 29.1 Å². The van der Waals surface area contributed by atoms with Crippen molar-refractivity contribution in [3.63, 3.8) is 0 Å². The zero-order valence-corrected chi connectivity index (χ0v) is 25.8. The number of amides is 1. The van der Waals surface area contributed by atoms with Crippen molar-refractivity contribution in [3.8, 4) is 16.9 Å². The van der Waals surface area contributed by atoms with E-state index in [9.17, 15) is 19.5 Å². The Bertz CT molecular complexity index is 1680. The quantitative estimate of drug-likeness (QED) is 0.232. The van der Waals surface area contributed by atoms with Gasteiger partial charge in [-0.05, 0) is 87.6 Å². The molecule has 4 aromatic rings. The standard InChI is InChI=1S/C35H38N2O7/c1-34(2,3)43-22-15-16-30-27(18-22)21(19-37(30)33(41)44-35(4,5)6)17-29(31(38)39)36-32(40)42-20-28-25-13-9-7-11-23(25)24-12-8-10-14-26(24)28/h7-16,18-19,28-29H,17,20H2,1-6H3,(H,36,40)(H,38,39)/t29-/m0/s1. The first kappa shape index (κ1) is 30.7. The maximum absolute atomic E-state index is 13.1. The minimum absolute atomic E-state index is 0.0532. The van der Waals surface area contributed by atoms with Gasteiger partial charge in [-0.1, -0.05) is 48.5 Å². The van der Waals surface area contributed by atoms with Crippen molar-refractivity contribution in [3.05, 3.63) is 89.6 Å². The average Bonchev–Trinajstić information content (AvgIpc) is 3.45. The van der Waals surface area contributed by atoms with E-state index in [0.717, 1.165) is 22.3 Å². The van der Waals surface area contributed by atoms with Crippen LogP contribution in [0, 0.1) is 0 Å². The normalized spacial score (nSPS) is 13.6. The summed E-state index contributed by atoms with van der Waals surface area (Å²) < 4.78 is 18.6. The van der Waals surface area contributed by atoms with Crippen LogP contribution in [0.5, 0.6) is 5.75 Å². The van der Waals surface area contributed by atoms with Gasteiger partial charge in [0.2, 0.25) is 0 Å². The van der Waals surface area contributed by atoms with E-state index < -0.39 is 35.4 Å². The minimum Gasteiger partial charge on any atom is -0.488 e. The molecule has 1 amide bonds. The molecular weight excluding hydrogens is 560 g/mol. The fraction of sp³-hybridized carbons (Fsp3) is 0.343. The molecule has 9 nitrogen and oxygen atoms in total. The van der Waals surface area contributed by atoms with Gasteiger partial charge in [-0.25, -0.2) is 14.4 Å². The van der Waals surface area contributed by atoms with Crippen LogP contribution in [-0.2, 0) is 20.7 Å². The molecule has 1 atom stereocenters. The smallest absolute Gasteiger partial charge is 0.419 e. The van der Waals surface area contributed by atoms with Gasteiger partial charge in [-0.15, -0.1) is 0 Å². The number of aromatic nitrogens is 1. The number of rotatable bonds is 7. The summed E-state index contributed by atoms with van der Waals surface area (Å²) >= 11 is 0. The number of carboxylic acid groups (broad SMARTS) is 1. The fourth-order valence-corrected chi connectivity index (χ4v) is 5.52. The number of nitrogens with one attached hydrogen (secondary N) is 1. The number of benzene rings is 3. The maximum atomic E-state index is 13.1. The van der Waals surface area contributed by atoms with Crippen molar-refractivity contribution in [2.24, 2.45) is 0 Å². The molecule has 0 radical (unpaired) electrons. The van der Waals surface area contributed by atoms with Gasteiger partial charge in [-0.3, -0.25) is 4.57 Å². The van der Waals surface area contributed by atoms with Crippen LogP contribution >= 0.6 is 0 Å². The first-order chi connectivity index (χ1) is 20.7. The van der Waals surface area contributed by atoms with E-state index >= 15 is 0 Å². The molecule has 2 N–H and O–H groups in total. The first-order valence-electron chi connectivity index (χ1n) is 14.6. The summed E-state index contributed by atoms with van der Waals surface area (Å²) in [5.74, 6) is -0.840. The van der Waals surface area contributed by atoms with Gasteiger partial charge >= 0.3 is 18.2 Å². The Balaban J connectivity index is 1.37. The lowest BCUT2D eigenvalue weighted by Crippen LogP contribution is -2.42. The van der Waals surface area contributed by atoms with E-state index in [1.54, 1.807) is 45.2 Å². The second-order valence-corrected chi connectivity index (χ2v) is 13.0. The molecule has 0 aliphatic heterocycles. The summed E-state index contributed by atoms with van der Waals surface area (Å²) in [6, 6.07) is 19.9. The average molecular weight is 599 g/mol. The number of nitrogens with zero attached hydrogens (tertiary/aromatic N) is 1. The summed E-state index contributed by atoms with van der Waals surface area (Å²) in [6.07, 6.45) is 0.00115. The third kappa shape index (κ3) is 6.72. The molecule has 0 bridgehead atoms. The topological polar surface area (TPSA) is 116 Å². The van der Waals surface area contributed by atoms with E-state index in [4.69, 9.17) is 14.2 Å². The zero-order chi connectivity index (χ0) is 31.8. The number of fused-ring (bicyclic) bond motifs is 4. The molecule has 1 aromatic heterocycles. The van der Waals surface area contributed by atoms with Crippen molar-refractivity contribution < 1.29 is 33.7 Å². The van der Waals surface area contributed by atoms with Crippen LogP contribution in [0.2, 0.25) is 0 Å². The third-order valence-electron chi connectivity index (χ3n) is 7.23. The highest BCUT2D eigenvalue weighted by Gasteiger charge is 2.30. The SMILES string of the molecule is CC(C)(C)OC(=O)n1cc(C[C@H](NC(=O)OCC2c3ccccc3-c3ccccc32)C(=O)O)c2cc(OC(C)(C)C)ccc21. The summed E-state index contributed by atoms with van der Waals surface area (Å²) in [4.78, 5) is 38.4. The van der Waals surface area contributed by atoms with Crippen LogP contribution in [0.15, 0.2) is 72.9 Å². The van der Waals surface area contributed by atoms with Crippen LogP contribution in [0.1, 0.15) is 64.2 Å². The number of carboxylic acids is 1. The molecule has 0 unspecified atom stereocenters. The number of hydrogen-bond donors (Lipinski definition) is 2. The fourth-order valence-electron chi connectivity index (χ4n) is 5.52. The summed E-state index contributed by atoms with van der Waals surface area (Å²) in [7, 11) is 0. The van der Waals surface area contributed by atoms with E-state index in [2.05, 4.69) is 5.32 Å². The lowest BCUT2D eigenvalue weighted by atomic mass is 9.98. The van der Waals surface area contributed by atoms with Gasteiger partial charge < -0.3 is 24.6 Å². The molecule has 1 heterocycles. The molecule has 230 valence electrons. The Morgan fingerprint density at radius 1 is 0.886 bits per heavy atom. The molecule has 1 aliphatic rings. The summed E-state index contributed by atoms with van der Waals surface area (Å²) in [5.41, 5.74) is 4.14. The number of ether oxygens (including phenoxy) is 3. The van der Waals surface area contributed by atoms with Gasteiger partial charge in [0.25, 0.3) is 0 Å². The van der Waals surface area contributed by atoms with E-state index in [1.165, 1.54) is 4.57 Å². The monoisotopic (exact) mass is 598 g/mol. The van der Waals surface area contributed by atoms with Crippen LogP contribution < -0.4 is 10.1 Å². The van der Waals surface area contributed by atoms with Crippen molar-refractivity contribution in [2.45, 2.75) is 71.1 Å². The maximum Gasteiger partial charge on any atom is 0.419 e. The molecule has 0 saturated heterocycles. The Labute approximate surface area is 256 Å². The minimum atomic E-state index is -1.32. The highest BCUT2D eigenvalue weighted by atomic mass is 16.6. The van der Waals surface area contributed by atoms with Crippen LogP contribution in [-0.4, -0.2) is 51.7 Å². The van der Waals surface area contributed by atoms with Crippen LogP contribution in [0.25, 0.3) is 22.0 Å². The molecule has 5 rings (SSSR count). The Morgan fingerprint density at radius 2 is 1.50 bits per heavy atom. The number of hydrogen-bond acceptors (Lipinski definition) is 6. The summed E-state index contributed by atoms with van der Waals surface area (Å²) in [5, 5.41) is 13.2. The predicted molar refractivity (Wildman–Crippen MR) is 167 cm³/mol. The number of carbonyl (C=O) groups is 3. The van der Waals surface area contributed by atoms with Gasteiger partial charge in [-0.2, -0.15) is 0 Å². The Kier molecular flexibility index (Phi) is 8.16. The largest absolute Gasteiger partial charge is 0.488 e. The third-order valence-corrected chi connectivity index (χ3v) is 7.23. The highest BCUT2D eigenvalue weighted by molar-refractivity contribution is 5.93. The van der Waals surface area contributed by atoms with E-state index in [-0.39, 0.29) is 18.9 Å². The highest BCUT2D eigenvalue weighted by Crippen LogP contribution is 2.44. The molecule has 0 spiro atoms. The number of alkyl carbamates (subject to hydrolysis) is 1. The molecule has 44 heavy (non-hydrogen) atoms. The van der Waals surface area contributed by atoms with Crippen molar-refractivity contribution in [2.75, 3.05) is 6.61 Å². The molecule has 3 aromatic carbocycles. The van der Waals surface area contributed by atoms with Gasteiger partial charge in [0, 0.05) is 23.9 Å². The van der Waals surface area contributed by atoms with E-state index in [0.29, 0.717) is 22.2 Å². The molecule has 9 heteroatoms. The Hall–Kier alpha value is -4.79. The van der Waals surface area contributed by atoms with Crippen molar-refractivity contribution in [1.29, 1.82) is 0 Å². The first-order valence-corrected chi connectivity index (χ1v) is 14.6. The number of carbonyl (C=O) groups excluding carboxylic acids is 2. The second-order valence-electron chi connectivity index (χ2n) is 13.0. The molecule has 0 fully saturated rings. The van der Waals surface area contributed by atoms with Gasteiger partial charge in [0.1, 0.15) is 29.6 Å². The lowest BCUT2D eigenvalue weighted by molar-refractivity contribution is -0.139. The van der Waals surface area contributed by atoms with Crippen LogP contribution in [0.4, 0.5) is 9.59 Å². The molecule has 1 aliphatic carbocycles. The van der Waals surface area contributed by atoms with Crippen molar-refractivity contribution in [1.82, 2.24) is 9.88 Å². The summed E-state index contributed by atoms with van der Waals surface area (Å²) in [6.45, 7) is 11.1.